The molecule has 0 saturated carbocycles. The average Bonchev–Trinajstić information content (AvgIpc) is 3.13. The molecule has 0 unspecified atom stereocenters. The topological polar surface area (TPSA) is 48.0 Å². The summed E-state index contributed by atoms with van der Waals surface area (Å²) in [6.07, 6.45) is 1.39. The van der Waals surface area contributed by atoms with E-state index in [0.29, 0.717) is 42.8 Å². The highest BCUT2D eigenvalue weighted by Gasteiger charge is 2.30. The van der Waals surface area contributed by atoms with Gasteiger partial charge in [0, 0.05) is 23.7 Å². The Morgan fingerprint density at radius 3 is 2.85 bits per heavy atom. The number of ether oxygens (including phenoxy) is 3. The van der Waals surface area contributed by atoms with Crippen molar-refractivity contribution in [2.24, 2.45) is 0 Å². The van der Waals surface area contributed by atoms with Crippen LogP contribution in [0, 0.1) is 0 Å². The van der Waals surface area contributed by atoms with Crippen LogP contribution in [0.2, 0.25) is 5.02 Å². The van der Waals surface area contributed by atoms with E-state index in [-0.39, 0.29) is 12.0 Å². The van der Waals surface area contributed by atoms with Crippen LogP contribution < -0.4 is 9.47 Å². The van der Waals surface area contributed by atoms with Gasteiger partial charge in [-0.25, -0.2) is 0 Å². The van der Waals surface area contributed by atoms with Crippen molar-refractivity contribution in [3.8, 4) is 22.6 Å². The Hall–Kier alpha value is -2.24. The Kier molecular flexibility index (Phi) is 5.23. The second-order valence-corrected chi connectivity index (χ2v) is 7.22. The molecule has 1 fully saturated rings. The first-order valence-electron chi connectivity index (χ1n) is 9.16. The number of methoxy groups -OCH3 is 1. The lowest BCUT2D eigenvalue weighted by Crippen LogP contribution is -2.39. The average molecular weight is 388 g/mol. The standard InChI is InChI=1S/C21H22ClNO4/c1-25-19-12-15(14-4-2-5-17(22)11-14)10-16-13-23(7-9-27-20(16)19)21(24)18-6-3-8-26-18/h2,4-5,10-12,18H,3,6-9,13H2,1H3/t18-/m0/s1. The fourth-order valence-corrected chi connectivity index (χ4v) is 3.82. The van der Waals surface area contributed by atoms with E-state index in [9.17, 15) is 4.79 Å². The van der Waals surface area contributed by atoms with Crippen molar-refractivity contribution in [1.29, 1.82) is 0 Å². The molecule has 0 N–H and O–H groups in total. The van der Waals surface area contributed by atoms with Crippen LogP contribution in [-0.4, -0.2) is 43.8 Å². The molecule has 2 aromatic carbocycles. The quantitative estimate of drug-likeness (QED) is 0.801. The van der Waals surface area contributed by atoms with Gasteiger partial charge in [-0.1, -0.05) is 23.7 Å². The second-order valence-electron chi connectivity index (χ2n) is 6.79. The minimum Gasteiger partial charge on any atom is -0.493 e. The summed E-state index contributed by atoms with van der Waals surface area (Å²) in [5, 5.41) is 0.674. The number of hydrogen-bond acceptors (Lipinski definition) is 4. The summed E-state index contributed by atoms with van der Waals surface area (Å²) in [7, 11) is 1.63. The van der Waals surface area contributed by atoms with E-state index in [2.05, 4.69) is 0 Å². The molecule has 6 heteroatoms. The number of hydrogen-bond donors (Lipinski definition) is 0. The summed E-state index contributed by atoms with van der Waals surface area (Å²) < 4.78 is 17.1. The van der Waals surface area contributed by atoms with E-state index in [4.69, 9.17) is 25.8 Å². The summed E-state index contributed by atoms with van der Waals surface area (Å²) >= 11 is 6.15. The van der Waals surface area contributed by atoms with Gasteiger partial charge < -0.3 is 19.1 Å². The predicted octanol–water partition coefficient (Wildman–Crippen LogP) is 3.92. The van der Waals surface area contributed by atoms with Crippen molar-refractivity contribution in [1.82, 2.24) is 4.90 Å². The molecular formula is C21H22ClNO4. The van der Waals surface area contributed by atoms with Gasteiger partial charge in [0.25, 0.3) is 5.91 Å². The van der Waals surface area contributed by atoms with Gasteiger partial charge in [-0.15, -0.1) is 0 Å². The highest BCUT2D eigenvalue weighted by Crippen LogP contribution is 2.39. The molecule has 2 aliphatic heterocycles. The number of amides is 1. The third-order valence-corrected chi connectivity index (χ3v) is 5.23. The van der Waals surface area contributed by atoms with E-state index in [1.54, 1.807) is 7.11 Å². The maximum atomic E-state index is 12.8. The molecule has 0 radical (unpaired) electrons. The predicted molar refractivity (Wildman–Crippen MR) is 103 cm³/mol. The fraction of sp³-hybridized carbons (Fsp3) is 0.381. The Morgan fingerprint density at radius 1 is 1.22 bits per heavy atom. The molecule has 1 amide bonds. The van der Waals surface area contributed by atoms with Crippen molar-refractivity contribution >= 4 is 17.5 Å². The van der Waals surface area contributed by atoms with Gasteiger partial charge in [-0.2, -0.15) is 0 Å². The fourth-order valence-electron chi connectivity index (χ4n) is 3.63. The zero-order chi connectivity index (χ0) is 18.8. The first kappa shape index (κ1) is 18.1. The zero-order valence-corrected chi connectivity index (χ0v) is 16.0. The van der Waals surface area contributed by atoms with E-state index in [0.717, 1.165) is 29.5 Å². The number of rotatable bonds is 3. The highest BCUT2D eigenvalue weighted by atomic mass is 35.5. The first-order chi connectivity index (χ1) is 13.2. The van der Waals surface area contributed by atoms with Gasteiger partial charge in [0.1, 0.15) is 12.7 Å². The summed E-state index contributed by atoms with van der Waals surface area (Å²) in [6.45, 7) is 2.09. The van der Waals surface area contributed by atoms with E-state index < -0.39 is 0 Å². The van der Waals surface area contributed by atoms with Crippen LogP contribution in [-0.2, 0) is 16.1 Å². The Labute approximate surface area is 163 Å². The molecule has 5 nitrogen and oxygen atoms in total. The first-order valence-corrected chi connectivity index (χ1v) is 9.53. The molecule has 0 aliphatic carbocycles. The highest BCUT2D eigenvalue weighted by molar-refractivity contribution is 6.30. The van der Waals surface area contributed by atoms with E-state index >= 15 is 0 Å². The summed E-state index contributed by atoms with van der Waals surface area (Å²) in [5.74, 6) is 1.40. The summed E-state index contributed by atoms with van der Waals surface area (Å²) in [6, 6.07) is 11.7. The van der Waals surface area contributed by atoms with Crippen molar-refractivity contribution in [3.05, 3.63) is 47.0 Å². The van der Waals surface area contributed by atoms with Gasteiger partial charge in [-0.05, 0) is 48.2 Å². The molecule has 0 bridgehead atoms. The molecule has 2 heterocycles. The summed E-state index contributed by atoms with van der Waals surface area (Å²) in [4.78, 5) is 14.6. The van der Waals surface area contributed by atoms with Crippen LogP contribution in [0.5, 0.6) is 11.5 Å². The molecule has 27 heavy (non-hydrogen) atoms. The lowest BCUT2D eigenvalue weighted by Gasteiger charge is -2.23. The van der Waals surface area contributed by atoms with Crippen molar-refractivity contribution in [3.63, 3.8) is 0 Å². The number of carbonyl (C=O) groups is 1. The minimum absolute atomic E-state index is 0.0380. The molecule has 4 rings (SSSR count). The van der Waals surface area contributed by atoms with Gasteiger partial charge >= 0.3 is 0 Å². The van der Waals surface area contributed by atoms with Gasteiger partial charge in [0.15, 0.2) is 11.5 Å². The van der Waals surface area contributed by atoms with Crippen LogP contribution in [0.15, 0.2) is 36.4 Å². The summed E-state index contributed by atoms with van der Waals surface area (Å²) in [5.41, 5.74) is 2.89. The van der Waals surface area contributed by atoms with Crippen LogP contribution in [0.4, 0.5) is 0 Å². The third kappa shape index (κ3) is 3.75. The van der Waals surface area contributed by atoms with Gasteiger partial charge in [0.05, 0.1) is 13.7 Å². The maximum Gasteiger partial charge on any atom is 0.252 e. The maximum absolute atomic E-state index is 12.8. The molecule has 1 saturated heterocycles. The number of benzene rings is 2. The Balaban J connectivity index is 1.69. The SMILES string of the molecule is COc1cc(-c2cccc(Cl)c2)cc2c1OCCN(C(=O)[C@@H]1CCCO1)C2. The minimum atomic E-state index is -0.329. The second kappa shape index (κ2) is 7.79. The molecule has 0 spiro atoms. The molecule has 0 aromatic heterocycles. The van der Waals surface area contributed by atoms with Crippen LogP contribution in [0.1, 0.15) is 18.4 Å². The number of halogens is 1. The number of nitrogens with zero attached hydrogens (tertiary/aromatic N) is 1. The van der Waals surface area contributed by atoms with Crippen LogP contribution in [0.25, 0.3) is 11.1 Å². The molecule has 2 aromatic rings. The van der Waals surface area contributed by atoms with Crippen molar-refractivity contribution in [2.75, 3.05) is 26.9 Å². The van der Waals surface area contributed by atoms with Gasteiger partial charge in [-0.3, -0.25) is 4.79 Å². The van der Waals surface area contributed by atoms with Crippen LogP contribution in [0.3, 0.4) is 0 Å². The normalized spacial score (nSPS) is 19.2. The monoisotopic (exact) mass is 387 g/mol. The molecular weight excluding hydrogens is 366 g/mol. The number of fused-ring (bicyclic) bond motifs is 1. The molecule has 142 valence electrons. The number of carbonyl (C=O) groups excluding carboxylic acids is 1. The lowest BCUT2D eigenvalue weighted by atomic mass is 10.0. The largest absolute Gasteiger partial charge is 0.493 e. The van der Waals surface area contributed by atoms with Gasteiger partial charge in [0.2, 0.25) is 0 Å². The molecule has 1 atom stereocenters. The smallest absolute Gasteiger partial charge is 0.252 e. The van der Waals surface area contributed by atoms with E-state index in [1.807, 2.05) is 41.3 Å². The third-order valence-electron chi connectivity index (χ3n) is 5.00. The zero-order valence-electron chi connectivity index (χ0n) is 15.2. The van der Waals surface area contributed by atoms with Crippen molar-refractivity contribution in [2.45, 2.75) is 25.5 Å². The van der Waals surface area contributed by atoms with Crippen LogP contribution >= 0.6 is 11.6 Å². The lowest BCUT2D eigenvalue weighted by molar-refractivity contribution is -0.141. The van der Waals surface area contributed by atoms with E-state index in [1.165, 1.54) is 0 Å². The Bertz CT molecular complexity index is 848. The van der Waals surface area contributed by atoms with Crippen molar-refractivity contribution < 1.29 is 19.0 Å². The Morgan fingerprint density at radius 2 is 2.11 bits per heavy atom. The molecule has 2 aliphatic rings.